The first-order chi connectivity index (χ1) is 7.39. The molecule has 0 aliphatic carbocycles. The highest BCUT2D eigenvalue weighted by atomic mass is 32.2. The van der Waals surface area contributed by atoms with Crippen molar-refractivity contribution in [3.63, 3.8) is 0 Å². The van der Waals surface area contributed by atoms with Crippen molar-refractivity contribution in [2.24, 2.45) is 10.6 Å². The maximum Gasteiger partial charge on any atom is 0.433 e. The van der Waals surface area contributed by atoms with E-state index in [4.69, 9.17) is 4.74 Å². The van der Waals surface area contributed by atoms with E-state index in [1.165, 1.54) is 18.8 Å². The molecule has 0 bridgehead atoms. The number of ether oxygens (including phenoxy) is 1. The molecular formula is C10H20N2O3S. The number of nitrogens with zero attached hydrogens (tertiary/aromatic N) is 1. The fraction of sp³-hybridized carbons (Fsp3) is 0.800. The summed E-state index contributed by atoms with van der Waals surface area (Å²) in [6, 6.07) is 0. The second-order valence-corrected chi connectivity index (χ2v) is 5.40. The van der Waals surface area contributed by atoms with Gasteiger partial charge in [-0.2, -0.15) is 0 Å². The largest absolute Gasteiger partial charge is 0.433 e. The van der Waals surface area contributed by atoms with Gasteiger partial charge in [0, 0.05) is 20.6 Å². The minimum Gasteiger partial charge on any atom is -0.374 e. The van der Waals surface area contributed by atoms with E-state index in [9.17, 15) is 4.79 Å². The minimum atomic E-state index is -0.565. The number of nitrogens with one attached hydrogen (secondary N) is 1. The fourth-order valence-corrected chi connectivity index (χ4v) is 1.71. The third-order valence-corrected chi connectivity index (χ3v) is 2.37. The molecule has 0 aliphatic rings. The Labute approximate surface area is 101 Å². The highest BCUT2D eigenvalue weighted by Gasteiger charge is 2.16. The van der Waals surface area contributed by atoms with Gasteiger partial charge in [-0.1, -0.05) is 37.7 Å². The number of hydrogen-bond acceptors (Lipinski definition) is 5. The van der Waals surface area contributed by atoms with Crippen molar-refractivity contribution < 1.29 is 14.4 Å². The molecule has 0 aromatic heterocycles. The molecule has 0 aliphatic heterocycles. The summed E-state index contributed by atoms with van der Waals surface area (Å²) in [6.45, 7) is 6.28. The molecule has 0 heterocycles. The van der Waals surface area contributed by atoms with Crippen molar-refractivity contribution >= 4 is 22.9 Å². The number of amides is 1. The molecule has 6 heteroatoms. The van der Waals surface area contributed by atoms with Gasteiger partial charge >= 0.3 is 6.09 Å². The van der Waals surface area contributed by atoms with Gasteiger partial charge in [0.15, 0.2) is 0 Å². The number of methoxy groups -OCH3 is 1. The van der Waals surface area contributed by atoms with Crippen LogP contribution in [0.3, 0.4) is 0 Å². The Balaban J connectivity index is 4.34. The molecule has 0 aromatic carbocycles. The Bertz CT molecular complexity index is 249. The predicted octanol–water partition coefficient (Wildman–Crippen LogP) is 2.43. The standard InChI is InChI=1S/C10H20N2O3S/c1-10(2,3)6-8(16-7-14-5)12-15-9(13)11-4/h6-7H2,1-5H3,(H,11,13). The van der Waals surface area contributed by atoms with Crippen LogP contribution in [-0.4, -0.2) is 31.2 Å². The lowest BCUT2D eigenvalue weighted by Gasteiger charge is -2.18. The number of oxime groups is 1. The van der Waals surface area contributed by atoms with E-state index in [0.717, 1.165) is 11.5 Å². The van der Waals surface area contributed by atoms with E-state index < -0.39 is 6.09 Å². The van der Waals surface area contributed by atoms with Crippen LogP contribution in [0.4, 0.5) is 4.79 Å². The van der Waals surface area contributed by atoms with E-state index >= 15 is 0 Å². The van der Waals surface area contributed by atoms with E-state index in [-0.39, 0.29) is 5.41 Å². The molecular weight excluding hydrogens is 228 g/mol. The quantitative estimate of drug-likeness (QED) is 0.273. The number of hydrogen-bond donors (Lipinski definition) is 1. The zero-order valence-corrected chi connectivity index (χ0v) is 11.3. The van der Waals surface area contributed by atoms with Gasteiger partial charge in [0.1, 0.15) is 5.04 Å². The topological polar surface area (TPSA) is 59.9 Å². The molecule has 0 atom stereocenters. The molecule has 1 N–H and O–H groups in total. The number of rotatable bonds is 4. The van der Waals surface area contributed by atoms with E-state index in [0.29, 0.717) is 5.94 Å². The minimum absolute atomic E-state index is 0.0889. The second-order valence-electron chi connectivity index (χ2n) is 4.40. The molecule has 0 aromatic rings. The highest BCUT2D eigenvalue weighted by Crippen LogP contribution is 2.24. The molecule has 0 unspecified atom stereocenters. The maximum absolute atomic E-state index is 10.9. The first-order valence-corrected chi connectivity index (χ1v) is 5.95. The average molecular weight is 248 g/mol. The van der Waals surface area contributed by atoms with E-state index in [1.54, 1.807) is 7.11 Å². The van der Waals surface area contributed by atoms with Crippen LogP contribution in [-0.2, 0) is 9.57 Å². The van der Waals surface area contributed by atoms with Gasteiger partial charge in [-0.15, -0.1) is 0 Å². The van der Waals surface area contributed by atoms with Crippen molar-refractivity contribution in [3.05, 3.63) is 0 Å². The lowest BCUT2D eigenvalue weighted by Crippen LogP contribution is -2.18. The van der Waals surface area contributed by atoms with Crippen LogP contribution in [0.25, 0.3) is 0 Å². The van der Waals surface area contributed by atoms with Gasteiger partial charge in [0.25, 0.3) is 0 Å². The van der Waals surface area contributed by atoms with Crippen molar-refractivity contribution in [1.82, 2.24) is 5.32 Å². The van der Waals surface area contributed by atoms with Crippen molar-refractivity contribution in [3.8, 4) is 0 Å². The third kappa shape index (κ3) is 8.55. The third-order valence-electron chi connectivity index (χ3n) is 1.46. The van der Waals surface area contributed by atoms with Gasteiger partial charge < -0.3 is 10.1 Å². The van der Waals surface area contributed by atoms with Crippen LogP contribution < -0.4 is 5.32 Å². The lowest BCUT2D eigenvalue weighted by atomic mass is 9.93. The Kier molecular flexibility index (Phi) is 7.16. The Morgan fingerprint density at radius 3 is 2.50 bits per heavy atom. The van der Waals surface area contributed by atoms with E-state index in [2.05, 4.69) is 36.1 Å². The molecule has 0 radical (unpaired) electrons. The molecule has 0 spiro atoms. The molecule has 0 saturated heterocycles. The highest BCUT2D eigenvalue weighted by molar-refractivity contribution is 8.13. The lowest BCUT2D eigenvalue weighted by molar-refractivity contribution is 0.153. The molecule has 1 amide bonds. The van der Waals surface area contributed by atoms with Gasteiger partial charge in [0.05, 0.1) is 5.94 Å². The first kappa shape index (κ1) is 15.2. The van der Waals surface area contributed by atoms with Crippen LogP contribution in [0.5, 0.6) is 0 Å². The Hall–Kier alpha value is -0.750. The summed E-state index contributed by atoms with van der Waals surface area (Å²) in [6.07, 6.45) is 0.169. The number of thioether (sulfide) groups is 1. The van der Waals surface area contributed by atoms with Crippen molar-refractivity contribution in [2.45, 2.75) is 27.2 Å². The number of carbonyl (C=O) groups is 1. The summed E-state index contributed by atoms with van der Waals surface area (Å²) in [4.78, 5) is 15.5. The summed E-state index contributed by atoms with van der Waals surface area (Å²) in [5.41, 5.74) is 0.0889. The normalized spacial score (nSPS) is 12.4. The summed E-state index contributed by atoms with van der Waals surface area (Å²) in [5.74, 6) is 0.492. The SMILES string of the molecule is CNC(=O)ON=C(CC(C)(C)C)SCOC. The maximum atomic E-state index is 10.9. The molecule has 5 nitrogen and oxygen atoms in total. The Morgan fingerprint density at radius 1 is 1.44 bits per heavy atom. The second kappa shape index (κ2) is 7.51. The smallest absolute Gasteiger partial charge is 0.374 e. The van der Waals surface area contributed by atoms with Crippen molar-refractivity contribution in [1.29, 1.82) is 0 Å². The van der Waals surface area contributed by atoms with Gasteiger partial charge in [-0.05, 0) is 5.41 Å². The zero-order valence-electron chi connectivity index (χ0n) is 10.5. The summed E-state index contributed by atoms with van der Waals surface area (Å²) in [7, 11) is 3.10. The summed E-state index contributed by atoms with van der Waals surface area (Å²) < 4.78 is 4.95. The van der Waals surface area contributed by atoms with Crippen LogP contribution in [0, 0.1) is 5.41 Å². The fourth-order valence-electron chi connectivity index (χ4n) is 0.828. The van der Waals surface area contributed by atoms with E-state index in [1.807, 2.05) is 0 Å². The summed E-state index contributed by atoms with van der Waals surface area (Å²) >= 11 is 1.42. The predicted molar refractivity (Wildman–Crippen MR) is 66.5 cm³/mol. The van der Waals surface area contributed by atoms with Gasteiger partial charge in [-0.25, -0.2) is 4.79 Å². The Morgan fingerprint density at radius 2 is 2.06 bits per heavy atom. The molecule has 94 valence electrons. The van der Waals surface area contributed by atoms with Crippen LogP contribution in [0.2, 0.25) is 0 Å². The summed E-state index contributed by atoms with van der Waals surface area (Å²) in [5, 5.41) is 6.88. The van der Waals surface area contributed by atoms with Gasteiger partial charge in [0.2, 0.25) is 0 Å². The number of carbonyl (C=O) groups excluding carboxylic acids is 1. The first-order valence-electron chi connectivity index (χ1n) is 4.96. The van der Waals surface area contributed by atoms with Crippen LogP contribution in [0.15, 0.2) is 5.16 Å². The van der Waals surface area contributed by atoms with Gasteiger partial charge in [-0.3, -0.25) is 4.84 Å². The van der Waals surface area contributed by atoms with Crippen LogP contribution in [0.1, 0.15) is 27.2 Å². The van der Waals surface area contributed by atoms with Crippen molar-refractivity contribution in [2.75, 3.05) is 20.1 Å². The van der Waals surface area contributed by atoms with Crippen LogP contribution >= 0.6 is 11.8 Å². The zero-order chi connectivity index (χ0) is 12.6. The average Bonchev–Trinajstić information content (AvgIpc) is 2.19. The monoisotopic (exact) mass is 248 g/mol. The molecule has 0 saturated carbocycles. The molecule has 0 fully saturated rings. The molecule has 0 rings (SSSR count). The molecule has 16 heavy (non-hydrogen) atoms.